The number of esters is 1. The number of hydrogen-bond donors (Lipinski definition) is 1. The number of rotatable bonds is 9. The summed E-state index contributed by atoms with van der Waals surface area (Å²) in [6, 6.07) is 2.92. The maximum Gasteiger partial charge on any atom is 0.338 e. The third kappa shape index (κ3) is 4.58. The van der Waals surface area contributed by atoms with Crippen molar-refractivity contribution in [2.45, 2.75) is 6.54 Å². The molecule has 0 saturated carbocycles. The van der Waals surface area contributed by atoms with Crippen molar-refractivity contribution in [2.24, 2.45) is 14.1 Å². The molecular weight excluding hydrogens is 450 g/mol. The van der Waals surface area contributed by atoms with Gasteiger partial charge in [0.15, 0.2) is 22.7 Å². The molecule has 182 valence electrons. The quantitative estimate of drug-likeness (QED) is 0.318. The van der Waals surface area contributed by atoms with Crippen LogP contribution in [0.25, 0.3) is 11.2 Å². The van der Waals surface area contributed by atoms with E-state index >= 15 is 0 Å². The van der Waals surface area contributed by atoms with Crippen molar-refractivity contribution in [3.8, 4) is 17.2 Å². The van der Waals surface area contributed by atoms with E-state index in [9.17, 15) is 19.2 Å². The SMILES string of the molecule is COc1cc(C(=O)OCCNC(=O)Cn2cnc3c2c(=O)n(C)c(=O)n3C)cc(OC)c1OC. The molecule has 3 aromatic rings. The lowest BCUT2D eigenvalue weighted by Crippen LogP contribution is -2.38. The first-order valence-electron chi connectivity index (χ1n) is 10.1. The van der Waals surface area contributed by atoms with Gasteiger partial charge in [-0.1, -0.05) is 0 Å². The maximum atomic E-state index is 12.4. The van der Waals surface area contributed by atoms with Gasteiger partial charge in [0, 0.05) is 14.1 Å². The number of benzene rings is 1. The molecule has 0 fully saturated rings. The van der Waals surface area contributed by atoms with Gasteiger partial charge in [0.05, 0.1) is 39.8 Å². The zero-order valence-electron chi connectivity index (χ0n) is 19.4. The van der Waals surface area contributed by atoms with E-state index in [1.807, 2.05) is 0 Å². The fourth-order valence-corrected chi connectivity index (χ4v) is 3.34. The number of nitrogens with zero attached hydrogens (tertiary/aromatic N) is 4. The standard InChI is InChI=1S/C21H25N5O8/c1-24-18-16(19(28)25(2)21(24)30)26(11-23-18)10-15(27)22-6-7-34-20(29)12-8-13(31-3)17(33-5)14(9-12)32-4/h8-9,11H,6-7,10H2,1-5H3,(H,22,27). The number of carbonyl (C=O) groups excluding carboxylic acids is 2. The maximum absolute atomic E-state index is 12.4. The number of amides is 1. The summed E-state index contributed by atoms with van der Waals surface area (Å²) < 4.78 is 24.4. The second-order valence-corrected chi connectivity index (χ2v) is 7.15. The van der Waals surface area contributed by atoms with Crippen LogP contribution >= 0.6 is 0 Å². The van der Waals surface area contributed by atoms with Crippen molar-refractivity contribution in [2.75, 3.05) is 34.5 Å². The third-order valence-corrected chi connectivity index (χ3v) is 5.09. The number of hydrogen-bond acceptors (Lipinski definition) is 9. The van der Waals surface area contributed by atoms with Gasteiger partial charge >= 0.3 is 11.7 Å². The minimum atomic E-state index is -0.640. The second kappa shape index (κ2) is 10.1. The number of fused-ring (bicyclic) bond motifs is 1. The summed E-state index contributed by atoms with van der Waals surface area (Å²) >= 11 is 0. The van der Waals surface area contributed by atoms with Crippen molar-refractivity contribution >= 4 is 23.0 Å². The smallest absolute Gasteiger partial charge is 0.338 e. The Hall–Kier alpha value is -4.29. The zero-order chi connectivity index (χ0) is 25.0. The van der Waals surface area contributed by atoms with Crippen LogP contribution in [0.4, 0.5) is 0 Å². The summed E-state index contributed by atoms with van der Waals surface area (Å²) in [4.78, 5) is 53.2. The topological polar surface area (TPSA) is 145 Å². The molecule has 0 aliphatic rings. The largest absolute Gasteiger partial charge is 0.493 e. The number of nitrogens with one attached hydrogen (secondary N) is 1. The molecule has 1 aromatic carbocycles. The van der Waals surface area contributed by atoms with Gasteiger partial charge in [0.1, 0.15) is 13.2 Å². The highest BCUT2D eigenvalue weighted by atomic mass is 16.5. The molecule has 0 spiro atoms. The van der Waals surface area contributed by atoms with Gasteiger partial charge in [-0.05, 0) is 12.1 Å². The van der Waals surface area contributed by atoms with Crippen LogP contribution in [-0.4, -0.2) is 65.0 Å². The van der Waals surface area contributed by atoms with Crippen molar-refractivity contribution in [3.05, 3.63) is 44.9 Å². The first-order valence-corrected chi connectivity index (χ1v) is 10.1. The molecule has 0 radical (unpaired) electrons. The lowest BCUT2D eigenvalue weighted by Gasteiger charge is -2.14. The number of imidazole rings is 1. The highest BCUT2D eigenvalue weighted by Crippen LogP contribution is 2.38. The summed E-state index contributed by atoms with van der Waals surface area (Å²) in [7, 11) is 7.15. The second-order valence-electron chi connectivity index (χ2n) is 7.15. The molecule has 0 unspecified atom stereocenters. The van der Waals surface area contributed by atoms with Crippen molar-refractivity contribution in [3.63, 3.8) is 0 Å². The molecular formula is C21H25N5O8. The molecule has 0 saturated heterocycles. The minimum Gasteiger partial charge on any atom is -0.493 e. The van der Waals surface area contributed by atoms with Crippen molar-refractivity contribution in [1.29, 1.82) is 0 Å². The normalized spacial score (nSPS) is 10.7. The van der Waals surface area contributed by atoms with Crippen LogP contribution in [0.3, 0.4) is 0 Å². The fourth-order valence-electron chi connectivity index (χ4n) is 3.34. The zero-order valence-corrected chi connectivity index (χ0v) is 19.4. The minimum absolute atomic E-state index is 0.0398. The van der Waals surface area contributed by atoms with Crippen LogP contribution in [-0.2, 0) is 30.2 Å². The summed E-state index contributed by atoms with van der Waals surface area (Å²) in [5.74, 6) is -0.120. The van der Waals surface area contributed by atoms with E-state index in [0.717, 1.165) is 4.57 Å². The van der Waals surface area contributed by atoms with Crippen LogP contribution < -0.4 is 30.8 Å². The summed E-state index contributed by atoms with van der Waals surface area (Å²) in [5, 5.41) is 2.60. The lowest BCUT2D eigenvalue weighted by molar-refractivity contribution is -0.121. The Morgan fingerprint density at radius 2 is 1.65 bits per heavy atom. The van der Waals surface area contributed by atoms with Gasteiger partial charge in [0.25, 0.3) is 5.56 Å². The summed E-state index contributed by atoms with van der Waals surface area (Å²) in [5.41, 5.74) is -0.565. The van der Waals surface area contributed by atoms with Gasteiger partial charge in [-0.2, -0.15) is 0 Å². The molecule has 0 aliphatic carbocycles. The Morgan fingerprint density at radius 3 is 2.24 bits per heavy atom. The van der Waals surface area contributed by atoms with E-state index in [1.54, 1.807) is 0 Å². The molecule has 13 heteroatoms. The molecule has 2 heterocycles. The molecule has 2 aromatic heterocycles. The first-order chi connectivity index (χ1) is 16.2. The van der Waals surface area contributed by atoms with Crippen LogP contribution in [0, 0.1) is 0 Å². The Labute approximate surface area is 193 Å². The predicted octanol–water partition coefficient (Wildman–Crippen LogP) is -0.567. The molecule has 3 rings (SSSR count). The number of carbonyl (C=O) groups is 2. The number of aryl methyl sites for hydroxylation is 1. The van der Waals surface area contributed by atoms with Gasteiger partial charge < -0.3 is 28.8 Å². The molecule has 34 heavy (non-hydrogen) atoms. The number of aromatic nitrogens is 4. The van der Waals surface area contributed by atoms with E-state index in [1.165, 1.54) is 63.0 Å². The van der Waals surface area contributed by atoms with E-state index in [-0.39, 0.29) is 36.4 Å². The Balaban J connectivity index is 1.60. The first kappa shape index (κ1) is 24.4. The summed E-state index contributed by atoms with van der Waals surface area (Å²) in [6.45, 7) is -0.259. The molecule has 0 atom stereocenters. The number of methoxy groups -OCH3 is 3. The van der Waals surface area contributed by atoms with Gasteiger partial charge in [-0.15, -0.1) is 0 Å². The molecule has 0 aliphatic heterocycles. The van der Waals surface area contributed by atoms with E-state index in [4.69, 9.17) is 18.9 Å². The van der Waals surface area contributed by atoms with Gasteiger partial charge in [-0.3, -0.25) is 18.7 Å². The van der Waals surface area contributed by atoms with E-state index in [2.05, 4.69) is 10.3 Å². The van der Waals surface area contributed by atoms with Crippen molar-refractivity contribution < 1.29 is 28.5 Å². The van der Waals surface area contributed by atoms with Crippen LogP contribution in [0.15, 0.2) is 28.0 Å². The Morgan fingerprint density at radius 1 is 1.00 bits per heavy atom. The highest BCUT2D eigenvalue weighted by molar-refractivity contribution is 5.91. The molecule has 13 nitrogen and oxygen atoms in total. The van der Waals surface area contributed by atoms with Crippen LogP contribution in [0.2, 0.25) is 0 Å². The monoisotopic (exact) mass is 475 g/mol. The number of ether oxygens (including phenoxy) is 4. The third-order valence-electron chi connectivity index (χ3n) is 5.09. The Kier molecular flexibility index (Phi) is 7.24. The lowest BCUT2D eigenvalue weighted by atomic mass is 10.2. The van der Waals surface area contributed by atoms with Gasteiger partial charge in [-0.25, -0.2) is 14.6 Å². The molecule has 1 N–H and O–H groups in total. The van der Waals surface area contributed by atoms with Crippen LogP contribution in [0.1, 0.15) is 10.4 Å². The van der Waals surface area contributed by atoms with E-state index < -0.39 is 23.1 Å². The fraction of sp³-hybridized carbons (Fsp3) is 0.381. The average Bonchev–Trinajstić information content (AvgIpc) is 3.26. The predicted molar refractivity (Wildman–Crippen MR) is 120 cm³/mol. The van der Waals surface area contributed by atoms with Crippen molar-refractivity contribution in [1.82, 2.24) is 24.0 Å². The van der Waals surface area contributed by atoms with Gasteiger partial charge in [0.2, 0.25) is 11.7 Å². The average molecular weight is 475 g/mol. The Bertz CT molecular complexity index is 1330. The molecule has 1 amide bonds. The highest BCUT2D eigenvalue weighted by Gasteiger charge is 2.18. The molecule has 0 bridgehead atoms. The summed E-state index contributed by atoms with van der Waals surface area (Å²) in [6.07, 6.45) is 1.32. The van der Waals surface area contributed by atoms with Crippen LogP contribution in [0.5, 0.6) is 17.2 Å². The van der Waals surface area contributed by atoms with E-state index in [0.29, 0.717) is 17.2 Å².